The fourth-order valence-electron chi connectivity index (χ4n) is 2.28. The molecule has 0 aliphatic rings. The van der Waals surface area contributed by atoms with Gasteiger partial charge in [0, 0.05) is 24.5 Å². The Kier molecular flexibility index (Phi) is 8.24. The Morgan fingerprint density at radius 3 is 2.00 bits per heavy atom. The predicted molar refractivity (Wildman–Crippen MR) is 105 cm³/mol. The molecule has 0 radical (unpaired) electrons. The van der Waals surface area contributed by atoms with E-state index in [2.05, 4.69) is 19.4 Å². The quantitative estimate of drug-likeness (QED) is 0.470. The highest BCUT2D eigenvalue weighted by molar-refractivity contribution is 6.29. The number of nitrogens with zero attached hydrogens (tertiary/aromatic N) is 2. The second-order valence-electron chi connectivity index (χ2n) is 5.69. The van der Waals surface area contributed by atoms with E-state index in [0.29, 0.717) is 17.5 Å². The molecule has 0 N–H and O–H groups in total. The number of ether oxygens (including phenoxy) is 2. The van der Waals surface area contributed by atoms with E-state index >= 15 is 0 Å². The summed E-state index contributed by atoms with van der Waals surface area (Å²) in [7, 11) is 2.65. The minimum Gasteiger partial charge on any atom is -0.465 e. The molecular weight excluding hydrogens is 399 g/mol. The molecule has 0 saturated heterocycles. The second-order valence-corrected chi connectivity index (χ2v) is 6.08. The zero-order chi connectivity index (χ0) is 21.2. The van der Waals surface area contributed by atoms with Crippen molar-refractivity contribution in [3.8, 4) is 0 Å². The van der Waals surface area contributed by atoms with Gasteiger partial charge in [0.25, 0.3) is 0 Å². The number of esters is 2. The van der Waals surface area contributed by atoms with E-state index in [-0.39, 0.29) is 11.0 Å². The van der Waals surface area contributed by atoms with Crippen molar-refractivity contribution in [3.63, 3.8) is 0 Å². The summed E-state index contributed by atoms with van der Waals surface area (Å²) in [6.45, 7) is 0. The van der Waals surface area contributed by atoms with Gasteiger partial charge in [-0.15, -0.1) is 0 Å². The number of pyridine rings is 2. The van der Waals surface area contributed by atoms with E-state index in [1.807, 2.05) is 0 Å². The maximum absolute atomic E-state index is 12.8. The topological polar surface area (TPSA) is 78.4 Å². The van der Waals surface area contributed by atoms with Gasteiger partial charge in [-0.2, -0.15) is 0 Å². The summed E-state index contributed by atoms with van der Waals surface area (Å²) in [5.74, 6) is -1.07. The first-order valence-corrected chi connectivity index (χ1v) is 8.78. The van der Waals surface area contributed by atoms with Crippen LogP contribution in [0.1, 0.15) is 32.0 Å². The summed E-state index contributed by atoms with van der Waals surface area (Å²) in [5.41, 5.74) is 2.55. The Bertz CT molecular complexity index is 980. The number of methoxy groups -OCH3 is 2. The van der Waals surface area contributed by atoms with Crippen LogP contribution in [0.4, 0.5) is 4.39 Å². The van der Waals surface area contributed by atoms with Crippen molar-refractivity contribution in [1.29, 1.82) is 0 Å². The van der Waals surface area contributed by atoms with Gasteiger partial charge in [0.2, 0.25) is 0 Å². The highest BCUT2D eigenvalue weighted by Crippen LogP contribution is 2.11. The molecule has 2 aromatic heterocycles. The van der Waals surface area contributed by atoms with Gasteiger partial charge < -0.3 is 9.47 Å². The first kappa shape index (κ1) is 22.0. The van der Waals surface area contributed by atoms with Crippen molar-refractivity contribution in [2.75, 3.05) is 14.2 Å². The van der Waals surface area contributed by atoms with Gasteiger partial charge in [-0.25, -0.2) is 19.0 Å². The summed E-state index contributed by atoms with van der Waals surface area (Å²) in [6.07, 6.45) is 3.56. The molecule has 3 rings (SSSR count). The molecular formula is C21H18ClFN2O4. The highest BCUT2D eigenvalue weighted by Gasteiger charge is 2.07. The average molecular weight is 417 g/mol. The van der Waals surface area contributed by atoms with Crippen LogP contribution in [0.2, 0.25) is 5.15 Å². The monoisotopic (exact) mass is 416 g/mol. The van der Waals surface area contributed by atoms with Crippen LogP contribution in [0.25, 0.3) is 0 Å². The molecule has 0 bridgehead atoms. The molecule has 0 atom stereocenters. The Balaban J connectivity index is 0.000000234. The number of rotatable bonds is 4. The van der Waals surface area contributed by atoms with Crippen LogP contribution in [0.5, 0.6) is 0 Å². The second kappa shape index (κ2) is 10.9. The fourth-order valence-corrected chi connectivity index (χ4v) is 2.45. The molecule has 0 saturated carbocycles. The van der Waals surface area contributed by atoms with Gasteiger partial charge in [-0.05, 0) is 42.0 Å². The number of benzene rings is 1. The summed E-state index contributed by atoms with van der Waals surface area (Å²) >= 11 is 5.53. The molecule has 0 aliphatic heterocycles. The van der Waals surface area contributed by atoms with Gasteiger partial charge >= 0.3 is 11.9 Å². The number of carbonyl (C=O) groups excluding carboxylic acids is 2. The highest BCUT2D eigenvalue weighted by atomic mass is 35.5. The smallest absolute Gasteiger partial charge is 0.338 e. The summed E-state index contributed by atoms with van der Waals surface area (Å²) < 4.78 is 21.9. The SMILES string of the molecule is COC(=O)c1ccnc(Cc2ccc(F)cc2)c1.COC(=O)c1ccnc(Cl)c1. The zero-order valence-corrected chi connectivity index (χ0v) is 16.5. The normalized spacial score (nSPS) is 9.79. The number of aromatic nitrogens is 2. The van der Waals surface area contributed by atoms with Crippen LogP contribution >= 0.6 is 11.6 Å². The van der Waals surface area contributed by atoms with Crippen molar-refractivity contribution < 1.29 is 23.5 Å². The lowest BCUT2D eigenvalue weighted by molar-refractivity contribution is 0.0591. The van der Waals surface area contributed by atoms with Crippen LogP contribution in [-0.2, 0) is 15.9 Å². The van der Waals surface area contributed by atoms with Gasteiger partial charge in [0.1, 0.15) is 11.0 Å². The minimum atomic E-state index is -0.408. The minimum absolute atomic E-state index is 0.268. The van der Waals surface area contributed by atoms with E-state index in [1.54, 1.807) is 30.5 Å². The van der Waals surface area contributed by atoms with Gasteiger partial charge in [-0.3, -0.25) is 4.98 Å². The molecule has 0 fully saturated rings. The Morgan fingerprint density at radius 1 is 0.897 bits per heavy atom. The first-order chi connectivity index (χ1) is 13.9. The number of hydrogen-bond acceptors (Lipinski definition) is 6. The van der Waals surface area contributed by atoms with E-state index in [9.17, 15) is 14.0 Å². The van der Waals surface area contributed by atoms with Crippen LogP contribution in [0.15, 0.2) is 60.9 Å². The van der Waals surface area contributed by atoms with Gasteiger partial charge in [0.05, 0.1) is 25.3 Å². The molecule has 1 aromatic carbocycles. The molecule has 2 heterocycles. The largest absolute Gasteiger partial charge is 0.465 e. The van der Waals surface area contributed by atoms with E-state index < -0.39 is 11.9 Å². The van der Waals surface area contributed by atoms with Crippen LogP contribution < -0.4 is 0 Å². The van der Waals surface area contributed by atoms with Crippen molar-refractivity contribution in [2.45, 2.75) is 6.42 Å². The zero-order valence-electron chi connectivity index (χ0n) is 15.8. The van der Waals surface area contributed by atoms with Crippen LogP contribution in [0.3, 0.4) is 0 Å². The van der Waals surface area contributed by atoms with Crippen molar-refractivity contribution in [3.05, 3.63) is 94.3 Å². The third-order valence-corrected chi connectivity index (χ3v) is 3.89. The standard InChI is InChI=1S/C14H12FNO2.C7H6ClNO2/c1-18-14(17)11-6-7-16-13(9-11)8-10-2-4-12(15)5-3-10;1-11-7(10)5-2-3-9-6(8)4-5/h2-7,9H,8H2,1H3;2-4H,1H3. The molecule has 150 valence electrons. The Labute approximate surface area is 172 Å². The van der Waals surface area contributed by atoms with Gasteiger partial charge in [-0.1, -0.05) is 23.7 Å². The van der Waals surface area contributed by atoms with Crippen molar-refractivity contribution in [2.24, 2.45) is 0 Å². The Morgan fingerprint density at radius 2 is 1.45 bits per heavy atom. The van der Waals surface area contributed by atoms with Crippen molar-refractivity contribution >= 4 is 23.5 Å². The van der Waals surface area contributed by atoms with Crippen molar-refractivity contribution in [1.82, 2.24) is 9.97 Å². The lowest BCUT2D eigenvalue weighted by Crippen LogP contribution is -2.03. The average Bonchev–Trinajstić information content (AvgIpc) is 2.75. The molecule has 0 spiro atoms. The molecule has 6 nitrogen and oxygen atoms in total. The maximum Gasteiger partial charge on any atom is 0.338 e. The number of hydrogen-bond donors (Lipinski definition) is 0. The molecule has 0 aliphatic carbocycles. The summed E-state index contributed by atoms with van der Waals surface area (Å²) in [5, 5.41) is 0.285. The van der Waals surface area contributed by atoms with Crippen LogP contribution in [0, 0.1) is 5.82 Å². The number of halogens is 2. The lowest BCUT2D eigenvalue weighted by Gasteiger charge is -2.03. The Hall–Kier alpha value is -3.32. The van der Waals surface area contributed by atoms with E-state index in [0.717, 1.165) is 11.3 Å². The number of carbonyl (C=O) groups is 2. The maximum atomic E-state index is 12.8. The molecule has 29 heavy (non-hydrogen) atoms. The molecule has 8 heteroatoms. The fraction of sp³-hybridized carbons (Fsp3) is 0.143. The summed E-state index contributed by atoms with van der Waals surface area (Å²) in [6, 6.07) is 12.5. The summed E-state index contributed by atoms with van der Waals surface area (Å²) in [4.78, 5) is 30.1. The third-order valence-electron chi connectivity index (χ3n) is 3.68. The van der Waals surface area contributed by atoms with E-state index in [4.69, 9.17) is 11.6 Å². The third kappa shape index (κ3) is 6.97. The molecule has 0 amide bonds. The predicted octanol–water partition coefficient (Wildman–Crippen LogP) is 4.12. The first-order valence-electron chi connectivity index (χ1n) is 8.40. The van der Waals surface area contributed by atoms with Crippen LogP contribution in [-0.4, -0.2) is 36.1 Å². The lowest BCUT2D eigenvalue weighted by atomic mass is 10.1. The van der Waals surface area contributed by atoms with E-state index in [1.165, 1.54) is 44.7 Å². The van der Waals surface area contributed by atoms with Gasteiger partial charge in [0.15, 0.2) is 0 Å². The molecule has 0 unspecified atom stereocenters. The molecule has 3 aromatic rings.